The summed E-state index contributed by atoms with van der Waals surface area (Å²) in [5.41, 5.74) is 10.2. The molecule has 2 rings (SSSR count). The summed E-state index contributed by atoms with van der Waals surface area (Å²) in [6.07, 6.45) is 0.836. The third-order valence-corrected chi connectivity index (χ3v) is 3.22. The lowest BCUT2D eigenvalue weighted by Gasteiger charge is -2.23. The molecule has 0 bridgehead atoms. The van der Waals surface area contributed by atoms with Crippen LogP contribution in [0.4, 0.5) is 15.8 Å². The highest BCUT2D eigenvalue weighted by molar-refractivity contribution is 5.66. The van der Waals surface area contributed by atoms with Crippen LogP contribution in [-0.4, -0.2) is 13.6 Å². The van der Waals surface area contributed by atoms with E-state index in [4.69, 9.17) is 5.73 Å². The van der Waals surface area contributed by atoms with E-state index in [1.54, 1.807) is 12.1 Å². The van der Waals surface area contributed by atoms with Crippen molar-refractivity contribution < 1.29 is 4.39 Å². The van der Waals surface area contributed by atoms with Crippen molar-refractivity contribution in [2.24, 2.45) is 5.73 Å². The van der Waals surface area contributed by atoms with Crippen LogP contribution in [-0.2, 0) is 6.42 Å². The van der Waals surface area contributed by atoms with Gasteiger partial charge < -0.3 is 10.6 Å². The van der Waals surface area contributed by atoms with Gasteiger partial charge in [-0.15, -0.1) is 0 Å². The van der Waals surface area contributed by atoms with Crippen LogP contribution in [0.15, 0.2) is 42.5 Å². The summed E-state index contributed by atoms with van der Waals surface area (Å²) in [6, 6.07) is 12.8. The molecule has 0 saturated carbocycles. The van der Waals surface area contributed by atoms with Gasteiger partial charge in [0, 0.05) is 18.4 Å². The molecule has 2 nitrogen and oxygen atoms in total. The standard InChI is InChI=1S/C16H19FN2/c1-12-3-8-16(13(11-12)9-10-18)19(2)15-6-4-14(17)5-7-15/h3-8,11H,9-10,18H2,1-2H3. The normalized spacial score (nSPS) is 10.5. The van der Waals surface area contributed by atoms with Gasteiger partial charge in [0.2, 0.25) is 0 Å². The quantitative estimate of drug-likeness (QED) is 0.910. The number of benzene rings is 2. The van der Waals surface area contributed by atoms with E-state index >= 15 is 0 Å². The third kappa shape index (κ3) is 3.12. The van der Waals surface area contributed by atoms with Crippen LogP contribution in [0, 0.1) is 12.7 Å². The summed E-state index contributed by atoms with van der Waals surface area (Å²) in [4.78, 5) is 2.06. The van der Waals surface area contributed by atoms with Gasteiger partial charge in [-0.25, -0.2) is 4.39 Å². The molecule has 3 heteroatoms. The van der Waals surface area contributed by atoms with Crippen molar-refractivity contribution >= 4 is 11.4 Å². The second kappa shape index (κ2) is 5.85. The van der Waals surface area contributed by atoms with Gasteiger partial charge in [-0.1, -0.05) is 17.7 Å². The lowest BCUT2D eigenvalue weighted by atomic mass is 10.1. The number of rotatable bonds is 4. The molecule has 100 valence electrons. The number of nitrogens with two attached hydrogens (primary N) is 1. The van der Waals surface area contributed by atoms with Crippen molar-refractivity contribution in [1.29, 1.82) is 0 Å². The lowest BCUT2D eigenvalue weighted by Crippen LogP contribution is -2.14. The number of aryl methyl sites for hydroxylation is 1. The van der Waals surface area contributed by atoms with Gasteiger partial charge >= 0.3 is 0 Å². The number of hydrogen-bond acceptors (Lipinski definition) is 2. The molecule has 0 aliphatic carbocycles. The zero-order valence-corrected chi connectivity index (χ0v) is 11.4. The monoisotopic (exact) mass is 258 g/mol. The maximum absolute atomic E-state index is 13.0. The molecule has 0 amide bonds. The molecule has 0 saturated heterocycles. The number of halogens is 1. The van der Waals surface area contributed by atoms with Gasteiger partial charge in [-0.2, -0.15) is 0 Å². The first-order chi connectivity index (χ1) is 9.11. The number of hydrogen-bond donors (Lipinski definition) is 1. The lowest BCUT2D eigenvalue weighted by molar-refractivity contribution is 0.628. The van der Waals surface area contributed by atoms with E-state index in [2.05, 4.69) is 30.0 Å². The van der Waals surface area contributed by atoms with Gasteiger partial charge in [0.1, 0.15) is 5.82 Å². The summed E-state index contributed by atoms with van der Waals surface area (Å²) in [6.45, 7) is 2.69. The summed E-state index contributed by atoms with van der Waals surface area (Å²) in [7, 11) is 1.98. The Hall–Kier alpha value is -1.87. The van der Waals surface area contributed by atoms with Crippen LogP contribution < -0.4 is 10.6 Å². The average Bonchev–Trinajstić information content (AvgIpc) is 2.39. The minimum atomic E-state index is -0.219. The van der Waals surface area contributed by atoms with E-state index in [0.717, 1.165) is 17.8 Å². The van der Waals surface area contributed by atoms with E-state index in [1.165, 1.54) is 23.3 Å². The second-order valence-electron chi connectivity index (χ2n) is 4.71. The summed E-state index contributed by atoms with van der Waals surface area (Å²) in [5.74, 6) is -0.219. The Morgan fingerprint density at radius 2 is 1.79 bits per heavy atom. The van der Waals surface area contributed by atoms with Crippen LogP contribution in [0.5, 0.6) is 0 Å². The predicted octanol–water partition coefficient (Wildman–Crippen LogP) is 3.40. The molecule has 0 heterocycles. The highest BCUT2D eigenvalue weighted by Gasteiger charge is 2.09. The predicted molar refractivity (Wildman–Crippen MR) is 78.4 cm³/mol. The SMILES string of the molecule is Cc1ccc(N(C)c2ccc(F)cc2)c(CCN)c1. The Labute approximate surface area is 113 Å². The van der Waals surface area contributed by atoms with Crippen LogP contribution in [0.2, 0.25) is 0 Å². The summed E-state index contributed by atoms with van der Waals surface area (Å²) < 4.78 is 13.0. The van der Waals surface area contributed by atoms with Crippen LogP contribution in [0.3, 0.4) is 0 Å². The van der Waals surface area contributed by atoms with Crippen molar-refractivity contribution in [1.82, 2.24) is 0 Å². The fraction of sp³-hybridized carbons (Fsp3) is 0.250. The molecule has 0 aromatic heterocycles. The first-order valence-corrected chi connectivity index (χ1v) is 6.40. The van der Waals surface area contributed by atoms with Gasteiger partial charge in [0.05, 0.1) is 0 Å². The zero-order chi connectivity index (χ0) is 13.8. The van der Waals surface area contributed by atoms with Gasteiger partial charge in [0.25, 0.3) is 0 Å². The van der Waals surface area contributed by atoms with Gasteiger partial charge in [-0.05, 0) is 55.8 Å². The average molecular weight is 258 g/mol. The first kappa shape index (κ1) is 13.6. The van der Waals surface area contributed by atoms with Crippen LogP contribution in [0.1, 0.15) is 11.1 Å². The smallest absolute Gasteiger partial charge is 0.123 e. The van der Waals surface area contributed by atoms with Crippen molar-refractivity contribution in [3.05, 3.63) is 59.4 Å². The van der Waals surface area contributed by atoms with Gasteiger partial charge in [-0.3, -0.25) is 0 Å². The molecule has 2 N–H and O–H groups in total. The second-order valence-corrected chi connectivity index (χ2v) is 4.71. The Bertz CT molecular complexity index is 549. The van der Waals surface area contributed by atoms with Gasteiger partial charge in [0.15, 0.2) is 0 Å². The molecule has 0 fully saturated rings. The van der Waals surface area contributed by atoms with Crippen LogP contribution in [0.25, 0.3) is 0 Å². The molecule has 0 unspecified atom stereocenters. The molecular formula is C16H19FN2. The Balaban J connectivity index is 2.37. The van der Waals surface area contributed by atoms with E-state index in [1.807, 2.05) is 7.05 Å². The summed E-state index contributed by atoms with van der Waals surface area (Å²) in [5, 5.41) is 0. The van der Waals surface area contributed by atoms with E-state index in [0.29, 0.717) is 6.54 Å². The van der Waals surface area contributed by atoms with E-state index in [-0.39, 0.29) is 5.82 Å². The number of nitrogens with zero attached hydrogens (tertiary/aromatic N) is 1. The molecule has 0 aliphatic rings. The maximum Gasteiger partial charge on any atom is 0.123 e. The van der Waals surface area contributed by atoms with Crippen molar-refractivity contribution in [3.63, 3.8) is 0 Å². The molecule has 0 aliphatic heterocycles. The zero-order valence-electron chi connectivity index (χ0n) is 11.4. The molecule has 0 radical (unpaired) electrons. The number of anilines is 2. The Morgan fingerprint density at radius 1 is 1.11 bits per heavy atom. The topological polar surface area (TPSA) is 29.3 Å². The van der Waals surface area contributed by atoms with Crippen molar-refractivity contribution in [3.8, 4) is 0 Å². The highest BCUT2D eigenvalue weighted by Crippen LogP contribution is 2.28. The Kier molecular flexibility index (Phi) is 4.17. The van der Waals surface area contributed by atoms with Crippen LogP contribution >= 0.6 is 0 Å². The van der Waals surface area contributed by atoms with E-state index < -0.39 is 0 Å². The first-order valence-electron chi connectivity index (χ1n) is 6.40. The van der Waals surface area contributed by atoms with Crippen molar-refractivity contribution in [2.75, 3.05) is 18.5 Å². The molecule has 0 spiro atoms. The molecule has 19 heavy (non-hydrogen) atoms. The molecule has 2 aromatic rings. The Morgan fingerprint density at radius 3 is 2.42 bits per heavy atom. The fourth-order valence-electron chi connectivity index (χ4n) is 2.20. The minimum absolute atomic E-state index is 0.219. The highest BCUT2D eigenvalue weighted by atomic mass is 19.1. The molecule has 2 aromatic carbocycles. The minimum Gasteiger partial charge on any atom is -0.344 e. The largest absolute Gasteiger partial charge is 0.344 e. The fourth-order valence-corrected chi connectivity index (χ4v) is 2.20. The molecule has 0 atom stereocenters. The van der Waals surface area contributed by atoms with E-state index in [9.17, 15) is 4.39 Å². The summed E-state index contributed by atoms with van der Waals surface area (Å²) >= 11 is 0. The van der Waals surface area contributed by atoms with Crippen molar-refractivity contribution in [2.45, 2.75) is 13.3 Å². The molecular weight excluding hydrogens is 239 g/mol. The maximum atomic E-state index is 13.0. The third-order valence-electron chi connectivity index (χ3n) is 3.22.